The minimum atomic E-state index is -0.372. The van der Waals surface area contributed by atoms with Crippen molar-refractivity contribution in [3.05, 3.63) is 35.1 Å². The van der Waals surface area contributed by atoms with E-state index >= 15 is 0 Å². The standard InChI is InChI=1S/C11H13FO/c1-7(13)8-5-6-10-9(8)3-2-4-11(10)12/h2-4,7-8,13H,5-6H2,1H3. The number of rotatable bonds is 1. The Morgan fingerprint density at radius 3 is 3.00 bits per heavy atom. The predicted molar refractivity (Wildman–Crippen MR) is 49.1 cm³/mol. The van der Waals surface area contributed by atoms with Gasteiger partial charge in [-0.3, -0.25) is 0 Å². The highest BCUT2D eigenvalue weighted by Crippen LogP contribution is 2.36. The van der Waals surface area contributed by atoms with Gasteiger partial charge in [0.1, 0.15) is 5.82 Å². The summed E-state index contributed by atoms with van der Waals surface area (Å²) < 4.78 is 13.2. The van der Waals surface area contributed by atoms with Crippen molar-refractivity contribution in [2.45, 2.75) is 31.8 Å². The number of fused-ring (bicyclic) bond motifs is 1. The van der Waals surface area contributed by atoms with E-state index in [4.69, 9.17) is 0 Å². The van der Waals surface area contributed by atoms with Crippen LogP contribution in [0.1, 0.15) is 30.4 Å². The fourth-order valence-corrected chi connectivity index (χ4v) is 2.14. The summed E-state index contributed by atoms with van der Waals surface area (Å²) in [5, 5.41) is 9.47. The van der Waals surface area contributed by atoms with Crippen molar-refractivity contribution < 1.29 is 9.50 Å². The van der Waals surface area contributed by atoms with Crippen molar-refractivity contribution in [1.29, 1.82) is 0 Å². The highest BCUT2D eigenvalue weighted by Gasteiger charge is 2.27. The lowest BCUT2D eigenvalue weighted by Gasteiger charge is -2.14. The lowest BCUT2D eigenvalue weighted by molar-refractivity contribution is 0.162. The van der Waals surface area contributed by atoms with Gasteiger partial charge in [-0.1, -0.05) is 12.1 Å². The minimum Gasteiger partial charge on any atom is -0.393 e. The van der Waals surface area contributed by atoms with Crippen LogP contribution in [0.3, 0.4) is 0 Å². The highest BCUT2D eigenvalue weighted by atomic mass is 19.1. The molecular formula is C11H13FO. The molecule has 0 saturated carbocycles. The Balaban J connectivity index is 2.43. The predicted octanol–water partition coefficient (Wildman–Crippen LogP) is 2.24. The van der Waals surface area contributed by atoms with Crippen molar-refractivity contribution in [3.8, 4) is 0 Å². The first kappa shape index (κ1) is 8.70. The summed E-state index contributed by atoms with van der Waals surface area (Å²) in [4.78, 5) is 0. The van der Waals surface area contributed by atoms with E-state index in [-0.39, 0.29) is 17.8 Å². The molecule has 2 rings (SSSR count). The van der Waals surface area contributed by atoms with Gasteiger partial charge in [-0.05, 0) is 37.0 Å². The lowest BCUT2D eigenvalue weighted by Crippen LogP contribution is -2.11. The van der Waals surface area contributed by atoms with Crippen molar-refractivity contribution in [2.24, 2.45) is 0 Å². The number of hydrogen-bond donors (Lipinski definition) is 1. The summed E-state index contributed by atoms with van der Waals surface area (Å²) in [6.07, 6.45) is 1.26. The molecule has 0 spiro atoms. The van der Waals surface area contributed by atoms with Crippen LogP contribution < -0.4 is 0 Å². The molecule has 0 aromatic heterocycles. The molecule has 1 aromatic rings. The van der Waals surface area contributed by atoms with Crippen LogP contribution in [0.4, 0.5) is 4.39 Å². The van der Waals surface area contributed by atoms with Crippen molar-refractivity contribution >= 4 is 0 Å². The lowest BCUT2D eigenvalue weighted by atomic mass is 9.96. The highest BCUT2D eigenvalue weighted by molar-refractivity contribution is 5.36. The summed E-state index contributed by atoms with van der Waals surface area (Å²) in [6.45, 7) is 1.77. The molecule has 0 aliphatic heterocycles. The largest absolute Gasteiger partial charge is 0.393 e. The Kier molecular flexibility index (Phi) is 2.08. The van der Waals surface area contributed by atoms with Crippen molar-refractivity contribution in [3.63, 3.8) is 0 Å². The third kappa shape index (κ3) is 1.35. The molecule has 2 unspecified atom stereocenters. The van der Waals surface area contributed by atoms with Crippen LogP contribution in [0, 0.1) is 5.82 Å². The molecule has 0 radical (unpaired) electrons. The van der Waals surface area contributed by atoms with Crippen LogP contribution in [0.25, 0.3) is 0 Å². The maximum absolute atomic E-state index is 13.2. The van der Waals surface area contributed by atoms with Gasteiger partial charge in [0.15, 0.2) is 0 Å². The number of halogens is 1. The first-order valence-corrected chi connectivity index (χ1v) is 4.65. The zero-order chi connectivity index (χ0) is 9.42. The van der Waals surface area contributed by atoms with Gasteiger partial charge < -0.3 is 5.11 Å². The van der Waals surface area contributed by atoms with Crippen LogP contribution in [0.5, 0.6) is 0 Å². The molecule has 1 aliphatic carbocycles. The number of benzene rings is 1. The third-order valence-electron chi connectivity index (χ3n) is 2.84. The molecule has 0 saturated heterocycles. The van der Waals surface area contributed by atoms with E-state index < -0.39 is 0 Å². The van der Waals surface area contributed by atoms with Gasteiger partial charge in [0.25, 0.3) is 0 Å². The first-order chi connectivity index (χ1) is 6.20. The Morgan fingerprint density at radius 1 is 1.54 bits per heavy atom. The molecule has 13 heavy (non-hydrogen) atoms. The van der Waals surface area contributed by atoms with Gasteiger partial charge in [-0.15, -0.1) is 0 Å². The molecule has 1 nitrogen and oxygen atoms in total. The van der Waals surface area contributed by atoms with Gasteiger partial charge in [-0.2, -0.15) is 0 Å². The summed E-state index contributed by atoms with van der Waals surface area (Å²) in [5.41, 5.74) is 1.79. The maximum atomic E-state index is 13.2. The Labute approximate surface area is 77.2 Å². The SMILES string of the molecule is CC(O)C1CCc2c(F)cccc21. The van der Waals surface area contributed by atoms with E-state index in [2.05, 4.69) is 0 Å². The maximum Gasteiger partial charge on any atom is 0.126 e. The van der Waals surface area contributed by atoms with Gasteiger partial charge in [0.05, 0.1) is 6.10 Å². The average Bonchev–Trinajstić information content (AvgIpc) is 2.48. The molecule has 0 bridgehead atoms. The third-order valence-corrected chi connectivity index (χ3v) is 2.84. The second-order valence-corrected chi connectivity index (χ2v) is 3.69. The molecule has 70 valence electrons. The van der Waals surface area contributed by atoms with Crippen LogP contribution in [-0.4, -0.2) is 11.2 Å². The molecule has 0 fully saturated rings. The number of hydrogen-bond acceptors (Lipinski definition) is 1. The van der Waals surface area contributed by atoms with E-state index in [1.165, 1.54) is 6.07 Å². The molecule has 0 heterocycles. The van der Waals surface area contributed by atoms with Crippen LogP contribution >= 0.6 is 0 Å². The summed E-state index contributed by atoms with van der Waals surface area (Å²) in [5.74, 6) is 0.00588. The molecule has 0 amide bonds. The summed E-state index contributed by atoms with van der Waals surface area (Å²) >= 11 is 0. The quantitative estimate of drug-likeness (QED) is 0.702. The average molecular weight is 180 g/mol. The summed E-state index contributed by atoms with van der Waals surface area (Å²) in [7, 11) is 0. The Hall–Kier alpha value is -0.890. The molecule has 1 aliphatic rings. The molecule has 2 heteroatoms. The molecule has 1 N–H and O–H groups in total. The topological polar surface area (TPSA) is 20.2 Å². The molecule has 2 atom stereocenters. The number of aliphatic hydroxyl groups is 1. The monoisotopic (exact) mass is 180 g/mol. The smallest absolute Gasteiger partial charge is 0.126 e. The second-order valence-electron chi connectivity index (χ2n) is 3.69. The molecule has 1 aromatic carbocycles. The van der Waals surface area contributed by atoms with E-state index in [1.807, 2.05) is 6.07 Å². The van der Waals surface area contributed by atoms with Crippen LogP contribution in [-0.2, 0) is 6.42 Å². The van der Waals surface area contributed by atoms with Crippen molar-refractivity contribution in [1.82, 2.24) is 0 Å². The van der Waals surface area contributed by atoms with E-state index in [9.17, 15) is 9.50 Å². The first-order valence-electron chi connectivity index (χ1n) is 4.65. The van der Waals surface area contributed by atoms with E-state index in [0.29, 0.717) is 0 Å². The van der Waals surface area contributed by atoms with Crippen LogP contribution in [0.2, 0.25) is 0 Å². The minimum absolute atomic E-state index is 0.124. The molecular weight excluding hydrogens is 167 g/mol. The van der Waals surface area contributed by atoms with Gasteiger partial charge >= 0.3 is 0 Å². The zero-order valence-electron chi connectivity index (χ0n) is 7.63. The van der Waals surface area contributed by atoms with Gasteiger partial charge in [0.2, 0.25) is 0 Å². The Morgan fingerprint density at radius 2 is 2.31 bits per heavy atom. The Bertz CT molecular complexity index is 320. The van der Waals surface area contributed by atoms with Crippen LogP contribution in [0.15, 0.2) is 18.2 Å². The fourth-order valence-electron chi connectivity index (χ4n) is 2.14. The van der Waals surface area contributed by atoms with Gasteiger partial charge in [0, 0.05) is 5.92 Å². The van der Waals surface area contributed by atoms with E-state index in [0.717, 1.165) is 24.0 Å². The van der Waals surface area contributed by atoms with E-state index in [1.54, 1.807) is 13.0 Å². The number of aliphatic hydroxyl groups excluding tert-OH is 1. The second kappa shape index (κ2) is 3.11. The zero-order valence-corrected chi connectivity index (χ0v) is 7.63. The summed E-state index contributed by atoms with van der Waals surface area (Å²) in [6, 6.07) is 5.13. The fraction of sp³-hybridized carbons (Fsp3) is 0.455. The van der Waals surface area contributed by atoms with Gasteiger partial charge in [-0.25, -0.2) is 4.39 Å². The van der Waals surface area contributed by atoms with Crippen molar-refractivity contribution in [2.75, 3.05) is 0 Å². The normalized spacial score (nSPS) is 22.8.